The monoisotopic (exact) mass is 264 g/mol. The summed E-state index contributed by atoms with van der Waals surface area (Å²) in [4.78, 5) is 25.1. The lowest BCUT2D eigenvalue weighted by molar-refractivity contribution is -0.141. The Morgan fingerprint density at radius 3 is 2.58 bits per heavy atom. The molecule has 0 unspecified atom stereocenters. The molecule has 2 N–H and O–H groups in total. The Balaban J connectivity index is 2.22. The van der Waals surface area contributed by atoms with E-state index in [0.717, 1.165) is 0 Å². The number of rotatable bonds is 3. The number of nitrogens with two attached hydrogens (primary N) is 1. The zero-order valence-corrected chi connectivity index (χ0v) is 11.1. The van der Waals surface area contributed by atoms with Crippen LogP contribution in [0.3, 0.4) is 0 Å². The second-order valence-corrected chi connectivity index (χ2v) is 5.48. The Morgan fingerprint density at radius 2 is 2.05 bits per heavy atom. The fourth-order valence-electron chi connectivity index (χ4n) is 2.25. The van der Waals surface area contributed by atoms with Crippen LogP contribution < -0.4 is 5.73 Å². The van der Waals surface area contributed by atoms with Gasteiger partial charge in [0.1, 0.15) is 5.82 Å². The van der Waals surface area contributed by atoms with Gasteiger partial charge in [-0.1, -0.05) is 19.9 Å². The van der Waals surface area contributed by atoms with Crippen LogP contribution in [0.15, 0.2) is 18.2 Å². The smallest absolute Gasteiger partial charge is 0.235 e. The first kappa shape index (κ1) is 13.7. The van der Waals surface area contributed by atoms with Gasteiger partial charge in [-0.05, 0) is 17.7 Å². The van der Waals surface area contributed by atoms with Gasteiger partial charge < -0.3 is 5.73 Å². The van der Waals surface area contributed by atoms with E-state index in [2.05, 4.69) is 0 Å². The summed E-state index contributed by atoms with van der Waals surface area (Å²) >= 11 is 0. The maximum atomic E-state index is 13.3. The van der Waals surface area contributed by atoms with E-state index in [0.29, 0.717) is 11.1 Å². The zero-order valence-electron chi connectivity index (χ0n) is 11.1. The number of carbonyl (C=O) groups is 2. The molecule has 102 valence electrons. The average Bonchev–Trinajstić information content (AvgIpc) is 2.53. The number of likely N-dealkylation sites (tertiary alicyclic amines) is 1. The highest BCUT2D eigenvalue weighted by molar-refractivity contribution is 6.05. The van der Waals surface area contributed by atoms with Gasteiger partial charge in [0.15, 0.2) is 0 Å². The molecule has 5 heteroatoms. The summed E-state index contributed by atoms with van der Waals surface area (Å²) in [6.07, 6.45) is 0.219. The summed E-state index contributed by atoms with van der Waals surface area (Å²) in [6.45, 7) is 3.77. The van der Waals surface area contributed by atoms with E-state index < -0.39 is 5.41 Å². The Kier molecular flexibility index (Phi) is 3.41. The molecular formula is C14H17FN2O2. The van der Waals surface area contributed by atoms with Gasteiger partial charge in [-0.15, -0.1) is 0 Å². The predicted octanol–water partition coefficient (Wildman–Crippen LogP) is 1.57. The Morgan fingerprint density at radius 1 is 1.37 bits per heavy atom. The van der Waals surface area contributed by atoms with Crippen LogP contribution in [0.2, 0.25) is 0 Å². The maximum absolute atomic E-state index is 13.3. The second kappa shape index (κ2) is 4.74. The fourth-order valence-corrected chi connectivity index (χ4v) is 2.25. The molecule has 0 aliphatic carbocycles. The number of hydrogen-bond acceptors (Lipinski definition) is 3. The van der Waals surface area contributed by atoms with Crippen LogP contribution in [0.5, 0.6) is 0 Å². The van der Waals surface area contributed by atoms with Gasteiger partial charge in [0, 0.05) is 18.5 Å². The molecule has 0 aromatic heterocycles. The zero-order chi connectivity index (χ0) is 14.2. The standard InChI is InChI=1S/C14H17FN2O2/c1-14(2)6-12(18)17(13(14)19)8-9-3-4-11(15)10(5-9)7-16/h3-5H,6-8,16H2,1-2H3. The minimum Gasteiger partial charge on any atom is -0.326 e. The average molecular weight is 264 g/mol. The Bertz CT molecular complexity index is 540. The molecular weight excluding hydrogens is 247 g/mol. The van der Waals surface area contributed by atoms with E-state index in [1.807, 2.05) is 0 Å². The summed E-state index contributed by atoms with van der Waals surface area (Å²) in [6, 6.07) is 4.48. The first-order chi connectivity index (χ1) is 8.85. The van der Waals surface area contributed by atoms with Crippen molar-refractivity contribution in [1.29, 1.82) is 0 Å². The van der Waals surface area contributed by atoms with Crippen molar-refractivity contribution < 1.29 is 14.0 Å². The van der Waals surface area contributed by atoms with Crippen molar-refractivity contribution in [3.63, 3.8) is 0 Å². The lowest BCUT2D eigenvalue weighted by Gasteiger charge is -2.18. The first-order valence-electron chi connectivity index (χ1n) is 6.17. The van der Waals surface area contributed by atoms with Crippen molar-refractivity contribution in [3.05, 3.63) is 35.1 Å². The van der Waals surface area contributed by atoms with Gasteiger partial charge in [-0.2, -0.15) is 0 Å². The van der Waals surface area contributed by atoms with Crippen LogP contribution in [0.4, 0.5) is 4.39 Å². The van der Waals surface area contributed by atoms with Gasteiger partial charge in [-0.25, -0.2) is 4.39 Å². The number of halogens is 1. The van der Waals surface area contributed by atoms with Crippen molar-refractivity contribution in [1.82, 2.24) is 4.90 Å². The van der Waals surface area contributed by atoms with E-state index >= 15 is 0 Å². The number of nitrogens with zero attached hydrogens (tertiary/aromatic N) is 1. The first-order valence-corrected chi connectivity index (χ1v) is 6.17. The third-order valence-corrected chi connectivity index (χ3v) is 3.39. The molecule has 0 spiro atoms. The number of benzene rings is 1. The van der Waals surface area contributed by atoms with Crippen molar-refractivity contribution >= 4 is 11.8 Å². The number of amides is 2. The second-order valence-electron chi connectivity index (χ2n) is 5.48. The fraction of sp³-hybridized carbons (Fsp3) is 0.429. The van der Waals surface area contributed by atoms with Crippen LogP contribution in [-0.2, 0) is 22.7 Å². The molecule has 1 aromatic carbocycles. The summed E-state index contributed by atoms with van der Waals surface area (Å²) in [5.74, 6) is -0.740. The van der Waals surface area contributed by atoms with E-state index in [9.17, 15) is 14.0 Å². The molecule has 2 rings (SSSR count). The Labute approximate surface area is 111 Å². The molecule has 2 amide bonds. The minimum absolute atomic E-state index is 0.0903. The molecule has 1 heterocycles. The van der Waals surface area contributed by atoms with Crippen molar-refractivity contribution in [2.45, 2.75) is 33.4 Å². The maximum Gasteiger partial charge on any atom is 0.235 e. The van der Waals surface area contributed by atoms with E-state index in [4.69, 9.17) is 5.73 Å². The summed E-state index contributed by atoms with van der Waals surface area (Å²) in [7, 11) is 0. The molecule has 1 aliphatic rings. The summed E-state index contributed by atoms with van der Waals surface area (Å²) < 4.78 is 13.3. The van der Waals surface area contributed by atoms with Gasteiger partial charge in [-0.3, -0.25) is 14.5 Å². The predicted molar refractivity (Wildman–Crippen MR) is 68.2 cm³/mol. The molecule has 0 saturated carbocycles. The minimum atomic E-state index is -0.645. The van der Waals surface area contributed by atoms with Gasteiger partial charge in [0.2, 0.25) is 11.8 Å². The molecule has 0 bridgehead atoms. The number of hydrogen-bond donors (Lipinski definition) is 1. The summed E-state index contributed by atoms with van der Waals surface area (Å²) in [5.41, 5.74) is 5.89. The molecule has 1 aliphatic heterocycles. The molecule has 19 heavy (non-hydrogen) atoms. The topological polar surface area (TPSA) is 63.4 Å². The van der Waals surface area contributed by atoms with Gasteiger partial charge in [0.25, 0.3) is 0 Å². The van der Waals surface area contributed by atoms with Crippen molar-refractivity contribution in [2.24, 2.45) is 11.1 Å². The highest BCUT2D eigenvalue weighted by Crippen LogP contribution is 2.32. The molecule has 1 aromatic rings. The largest absolute Gasteiger partial charge is 0.326 e. The molecule has 1 fully saturated rings. The third kappa shape index (κ3) is 2.51. The van der Waals surface area contributed by atoms with Crippen LogP contribution in [-0.4, -0.2) is 16.7 Å². The highest BCUT2D eigenvalue weighted by Gasteiger charge is 2.44. The number of carbonyl (C=O) groups excluding carboxylic acids is 2. The highest BCUT2D eigenvalue weighted by atomic mass is 19.1. The van der Waals surface area contributed by atoms with E-state index in [1.54, 1.807) is 26.0 Å². The van der Waals surface area contributed by atoms with Crippen molar-refractivity contribution in [2.75, 3.05) is 0 Å². The lowest BCUT2D eigenvalue weighted by Crippen LogP contribution is -2.32. The summed E-state index contributed by atoms with van der Waals surface area (Å²) in [5, 5.41) is 0. The van der Waals surface area contributed by atoms with Crippen LogP contribution in [0.25, 0.3) is 0 Å². The van der Waals surface area contributed by atoms with Gasteiger partial charge >= 0.3 is 0 Å². The van der Waals surface area contributed by atoms with Crippen LogP contribution >= 0.6 is 0 Å². The van der Waals surface area contributed by atoms with E-state index in [-0.39, 0.29) is 37.1 Å². The molecule has 0 atom stereocenters. The number of imide groups is 1. The molecule has 4 nitrogen and oxygen atoms in total. The molecule has 1 saturated heterocycles. The lowest BCUT2D eigenvalue weighted by atomic mass is 9.92. The molecule has 0 radical (unpaired) electrons. The van der Waals surface area contributed by atoms with Crippen LogP contribution in [0.1, 0.15) is 31.4 Å². The third-order valence-electron chi connectivity index (χ3n) is 3.39. The van der Waals surface area contributed by atoms with Gasteiger partial charge in [0.05, 0.1) is 12.0 Å². The normalized spacial score (nSPS) is 18.2. The van der Waals surface area contributed by atoms with Crippen LogP contribution in [0, 0.1) is 11.2 Å². The SMILES string of the molecule is CC1(C)CC(=O)N(Cc2ccc(F)c(CN)c2)C1=O. The quantitative estimate of drug-likeness (QED) is 0.843. The Hall–Kier alpha value is -1.75. The van der Waals surface area contributed by atoms with Crippen molar-refractivity contribution in [3.8, 4) is 0 Å². The van der Waals surface area contributed by atoms with E-state index in [1.165, 1.54) is 11.0 Å².